The molecule has 0 aromatic carbocycles. The van der Waals surface area contributed by atoms with Crippen molar-refractivity contribution in [3.05, 3.63) is 18.0 Å². The number of hydrogen-bond acceptors (Lipinski definition) is 3. The summed E-state index contributed by atoms with van der Waals surface area (Å²) in [5.74, 6) is 2.65. The molecule has 0 unspecified atom stereocenters. The fourth-order valence-electron chi connectivity index (χ4n) is 4.82. The second-order valence-electron chi connectivity index (χ2n) is 7.85. The van der Waals surface area contributed by atoms with Gasteiger partial charge < -0.3 is 9.64 Å². The van der Waals surface area contributed by atoms with Crippen molar-refractivity contribution in [1.82, 2.24) is 14.7 Å². The zero-order valence-electron chi connectivity index (χ0n) is 13.9. The van der Waals surface area contributed by atoms with Crippen molar-refractivity contribution in [3.63, 3.8) is 0 Å². The minimum absolute atomic E-state index is 0.323. The van der Waals surface area contributed by atoms with Crippen molar-refractivity contribution in [3.8, 4) is 0 Å². The molecule has 4 rings (SSSR count). The van der Waals surface area contributed by atoms with Crippen LogP contribution in [-0.4, -0.2) is 47.5 Å². The van der Waals surface area contributed by atoms with E-state index in [0.717, 1.165) is 17.8 Å². The standard InChI is InChI=1S/C18H29N3O/c1-13-8-19-21(9-13)17-6-15-11-20(10-14-4-3-5-14)12-16(15)7-18(17)22-2/h8-9,14-18H,3-7,10-12H2,1-2H3/t15-,16+,17-,18-/m0/s1. The Morgan fingerprint density at radius 3 is 2.59 bits per heavy atom. The number of likely N-dealkylation sites (tertiary alicyclic amines) is 1. The third-order valence-electron chi connectivity index (χ3n) is 6.27. The summed E-state index contributed by atoms with van der Waals surface area (Å²) in [7, 11) is 1.87. The van der Waals surface area contributed by atoms with Crippen LogP contribution in [-0.2, 0) is 4.74 Å². The maximum atomic E-state index is 5.84. The molecule has 0 amide bonds. The van der Waals surface area contributed by atoms with Gasteiger partial charge >= 0.3 is 0 Å². The van der Waals surface area contributed by atoms with Gasteiger partial charge in [-0.15, -0.1) is 0 Å². The highest BCUT2D eigenvalue weighted by atomic mass is 16.5. The fraction of sp³-hybridized carbons (Fsp3) is 0.833. The smallest absolute Gasteiger partial charge is 0.0798 e. The van der Waals surface area contributed by atoms with E-state index in [-0.39, 0.29) is 0 Å². The van der Waals surface area contributed by atoms with Crippen molar-refractivity contribution in [2.24, 2.45) is 17.8 Å². The molecule has 4 heteroatoms. The van der Waals surface area contributed by atoms with E-state index in [2.05, 4.69) is 27.8 Å². The van der Waals surface area contributed by atoms with Crippen molar-refractivity contribution < 1.29 is 4.74 Å². The van der Waals surface area contributed by atoms with Gasteiger partial charge in [0.1, 0.15) is 0 Å². The SMILES string of the molecule is CO[C@H]1C[C@@H]2CN(CC3CCC3)C[C@@H]2C[C@@H]1n1cc(C)cn1. The summed E-state index contributed by atoms with van der Waals surface area (Å²) >= 11 is 0. The number of rotatable bonds is 4. The molecule has 1 aliphatic heterocycles. The predicted molar refractivity (Wildman–Crippen MR) is 86.8 cm³/mol. The van der Waals surface area contributed by atoms with E-state index in [1.54, 1.807) is 0 Å². The molecule has 22 heavy (non-hydrogen) atoms. The van der Waals surface area contributed by atoms with Gasteiger partial charge in [-0.05, 0) is 55.9 Å². The highest BCUT2D eigenvalue weighted by molar-refractivity contribution is 5.03. The second-order valence-corrected chi connectivity index (χ2v) is 7.85. The van der Waals surface area contributed by atoms with E-state index in [1.807, 2.05) is 13.3 Å². The van der Waals surface area contributed by atoms with Crippen LogP contribution in [0.15, 0.2) is 12.4 Å². The molecule has 0 N–H and O–H groups in total. The quantitative estimate of drug-likeness (QED) is 0.857. The highest BCUT2D eigenvalue weighted by Gasteiger charge is 2.43. The lowest BCUT2D eigenvalue weighted by molar-refractivity contribution is -0.00488. The Morgan fingerprint density at radius 2 is 2.00 bits per heavy atom. The third-order valence-corrected chi connectivity index (χ3v) is 6.27. The molecule has 1 aromatic heterocycles. The van der Waals surface area contributed by atoms with Crippen LogP contribution in [0.25, 0.3) is 0 Å². The first-order chi connectivity index (χ1) is 10.7. The van der Waals surface area contributed by atoms with Crippen LogP contribution in [0, 0.1) is 24.7 Å². The van der Waals surface area contributed by atoms with Crippen molar-refractivity contribution >= 4 is 0 Å². The van der Waals surface area contributed by atoms with E-state index >= 15 is 0 Å². The molecule has 4 atom stereocenters. The molecule has 2 aliphatic carbocycles. The molecular weight excluding hydrogens is 274 g/mol. The fourth-order valence-corrected chi connectivity index (χ4v) is 4.82. The first kappa shape index (κ1) is 14.7. The lowest BCUT2D eigenvalue weighted by atomic mass is 9.77. The van der Waals surface area contributed by atoms with Gasteiger partial charge in [0.05, 0.1) is 18.3 Å². The summed E-state index contributed by atoms with van der Waals surface area (Å²) in [5.41, 5.74) is 1.25. The Hall–Kier alpha value is -0.870. The van der Waals surface area contributed by atoms with E-state index in [9.17, 15) is 0 Å². The van der Waals surface area contributed by atoms with Crippen LogP contribution >= 0.6 is 0 Å². The van der Waals surface area contributed by atoms with Gasteiger partial charge in [-0.25, -0.2) is 0 Å². The highest BCUT2D eigenvalue weighted by Crippen LogP contribution is 2.43. The number of fused-ring (bicyclic) bond motifs is 1. The molecule has 2 saturated carbocycles. The lowest BCUT2D eigenvalue weighted by Crippen LogP contribution is -2.37. The predicted octanol–water partition coefficient (Wildman–Crippen LogP) is 2.89. The zero-order valence-corrected chi connectivity index (χ0v) is 13.9. The largest absolute Gasteiger partial charge is 0.379 e. The number of nitrogens with zero attached hydrogens (tertiary/aromatic N) is 3. The Bertz CT molecular complexity index is 510. The first-order valence-electron chi connectivity index (χ1n) is 8.99. The normalized spacial score (nSPS) is 36.3. The van der Waals surface area contributed by atoms with Gasteiger partial charge in [-0.2, -0.15) is 5.10 Å². The Labute approximate surface area is 133 Å². The maximum absolute atomic E-state index is 5.84. The van der Waals surface area contributed by atoms with Crippen LogP contribution in [0.5, 0.6) is 0 Å². The molecule has 1 aromatic rings. The minimum atomic E-state index is 0.323. The molecule has 0 spiro atoms. The first-order valence-corrected chi connectivity index (χ1v) is 8.99. The maximum Gasteiger partial charge on any atom is 0.0798 e. The van der Waals surface area contributed by atoms with Crippen LogP contribution in [0.2, 0.25) is 0 Å². The van der Waals surface area contributed by atoms with Gasteiger partial charge in [-0.1, -0.05) is 6.42 Å². The lowest BCUT2D eigenvalue weighted by Gasteiger charge is -2.37. The van der Waals surface area contributed by atoms with E-state index in [0.29, 0.717) is 12.1 Å². The summed E-state index contributed by atoms with van der Waals surface area (Å²) < 4.78 is 8.01. The van der Waals surface area contributed by atoms with E-state index < -0.39 is 0 Å². The summed E-state index contributed by atoms with van der Waals surface area (Å²) in [4.78, 5) is 2.74. The van der Waals surface area contributed by atoms with Gasteiger partial charge in [-0.3, -0.25) is 4.68 Å². The summed E-state index contributed by atoms with van der Waals surface area (Å²) in [6.45, 7) is 6.06. The summed E-state index contributed by atoms with van der Waals surface area (Å²) in [5, 5.41) is 4.56. The number of ether oxygens (including phenoxy) is 1. The number of aromatic nitrogens is 2. The Balaban J connectivity index is 1.44. The van der Waals surface area contributed by atoms with Gasteiger partial charge in [0.25, 0.3) is 0 Å². The summed E-state index contributed by atoms with van der Waals surface area (Å²) in [6.07, 6.45) is 11.3. The molecule has 0 radical (unpaired) electrons. The monoisotopic (exact) mass is 303 g/mol. The van der Waals surface area contributed by atoms with Crippen LogP contribution in [0.3, 0.4) is 0 Å². The van der Waals surface area contributed by atoms with E-state index in [1.165, 1.54) is 57.3 Å². The second kappa shape index (κ2) is 5.97. The van der Waals surface area contributed by atoms with Crippen molar-refractivity contribution in [2.45, 2.75) is 51.2 Å². The van der Waals surface area contributed by atoms with Crippen molar-refractivity contribution in [2.75, 3.05) is 26.7 Å². The van der Waals surface area contributed by atoms with Crippen molar-refractivity contribution in [1.29, 1.82) is 0 Å². The molecule has 3 fully saturated rings. The molecule has 4 nitrogen and oxygen atoms in total. The molecule has 122 valence electrons. The molecule has 1 saturated heterocycles. The number of methoxy groups -OCH3 is 1. The molecule has 2 heterocycles. The molecule has 0 bridgehead atoms. The summed E-state index contributed by atoms with van der Waals surface area (Å²) in [6, 6.07) is 0.420. The number of hydrogen-bond donors (Lipinski definition) is 0. The average molecular weight is 303 g/mol. The minimum Gasteiger partial charge on any atom is -0.379 e. The average Bonchev–Trinajstić information content (AvgIpc) is 3.06. The Morgan fingerprint density at radius 1 is 1.23 bits per heavy atom. The van der Waals surface area contributed by atoms with E-state index in [4.69, 9.17) is 4.74 Å². The van der Waals surface area contributed by atoms with Crippen LogP contribution < -0.4 is 0 Å². The topological polar surface area (TPSA) is 30.3 Å². The van der Waals surface area contributed by atoms with Gasteiger partial charge in [0, 0.05) is 32.9 Å². The third kappa shape index (κ3) is 2.71. The molecule has 3 aliphatic rings. The number of aryl methyl sites for hydroxylation is 1. The van der Waals surface area contributed by atoms with Crippen LogP contribution in [0.4, 0.5) is 0 Å². The zero-order chi connectivity index (χ0) is 15.1. The Kier molecular flexibility index (Phi) is 3.99. The van der Waals surface area contributed by atoms with Crippen LogP contribution in [0.1, 0.15) is 43.7 Å². The van der Waals surface area contributed by atoms with Gasteiger partial charge in [0.15, 0.2) is 0 Å². The van der Waals surface area contributed by atoms with Gasteiger partial charge in [0.2, 0.25) is 0 Å². The molecular formula is C18H29N3O.